The van der Waals surface area contributed by atoms with Gasteiger partial charge in [-0.3, -0.25) is 35.3 Å². The minimum absolute atomic E-state index is 0.000952. The Bertz CT molecular complexity index is 834. The molecule has 3 N–H and O–H groups in total. The summed E-state index contributed by atoms with van der Waals surface area (Å²) in [4.78, 5) is 45.1. The van der Waals surface area contributed by atoms with Crippen LogP contribution in [0, 0.1) is 10.1 Å². The highest BCUT2D eigenvalue weighted by Crippen LogP contribution is 2.14. The van der Waals surface area contributed by atoms with Gasteiger partial charge in [0.05, 0.1) is 11.5 Å². The third-order valence-electron chi connectivity index (χ3n) is 2.84. The summed E-state index contributed by atoms with van der Waals surface area (Å²) in [5.74, 6) is -2.03. The highest BCUT2D eigenvalue weighted by Gasteiger charge is 2.14. The Balaban J connectivity index is 1.81. The number of amides is 3. The molecule has 10 nitrogen and oxygen atoms in total. The molecule has 0 saturated carbocycles. The van der Waals surface area contributed by atoms with E-state index in [-0.39, 0.29) is 17.0 Å². The molecule has 1 heterocycles. The molecule has 0 unspecified atom stereocenters. The molecular weight excluding hydrogens is 400 g/mol. The van der Waals surface area contributed by atoms with Crippen molar-refractivity contribution in [2.24, 2.45) is 0 Å². The Morgan fingerprint density at radius 2 is 1.88 bits per heavy atom. The zero-order valence-corrected chi connectivity index (χ0v) is 14.0. The lowest BCUT2D eigenvalue weighted by molar-refractivity contribution is -0.384. The van der Waals surface area contributed by atoms with Crippen LogP contribution in [0.15, 0.2) is 45.5 Å². The van der Waals surface area contributed by atoms with Crippen LogP contribution in [0.4, 0.5) is 5.69 Å². The van der Waals surface area contributed by atoms with Crippen molar-refractivity contribution in [3.8, 4) is 0 Å². The molecule has 2 rings (SSSR count). The quantitative estimate of drug-likeness (QED) is 0.497. The molecule has 0 radical (unpaired) electrons. The van der Waals surface area contributed by atoms with E-state index >= 15 is 0 Å². The van der Waals surface area contributed by atoms with Crippen LogP contribution in [-0.4, -0.2) is 29.2 Å². The first-order chi connectivity index (χ1) is 11.9. The van der Waals surface area contributed by atoms with Crippen molar-refractivity contribution in [2.75, 3.05) is 6.54 Å². The highest BCUT2D eigenvalue weighted by molar-refractivity contribution is 9.10. The molecule has 0 aliphatic rings. The molecule has 11 heteroatoms. The van der Waals surface area contributed by atoms with Gasteiger partial charge in [-0.2, -0.15) is 0 Å². The Labute approximate surface area is 148 Å². The van der Waals surface area contributed by atoms with Gasteiger partial charge in [-0.25, -0.2) is 0 Å². The second-order valence-electron chi connectivity index (χ2n) is 4.60. The third-order valence-corrected chi connectivity index (χ3v) is 3.27. The summed E-state index contributed by atoms with van der Waals surface area (Å²) in [5, 5.41) is 13.0. The minimum Gasteiger partial charge on any atom is -0.444 e. The van der Waals surface area contributed by atoms with E-state index < -0.39 is 29.2 Å². The molecule has 1 aromatic heterocycles. The average Bonchev–Trinajstić information content (AvgIpc) is 3.04. The second kappa shape index (κ2) is 8.06. The number of nitrogens with one attached hydrogen (secondary N) is 3. The van der Waals surface area contributed by atoms with E-state index in [1.165, 1.54) is 30.3 Å². The fourth-order valence-corrected chi connectivity index (χ4v) is 1.99. The molecule has 2 aromatic rings. The largest absolute Gasteiger partial charge is 0.444 e. The van der Waals surface area contributed by atoms with Gasteiger partial charge in [0.2, 0.25) is 0 Å². The Morgan fingerprint density at radius 1 is 1.12 bits per heavy atom. The molecule has 0 saturated heterocycles. The number of hydrogen-bond acceptors (Lipinski definition) is 6. The standard InChI is InChI=1S/C14H11BrN4O6/c15-11-5-4-10(25-11)14(22)16-7-12(20)17-18-13(21)8-2-1-3-9(6-8)19(23)24/h1-6H,7H2,(H,16,22)(H,17,20)(H,18,21). The lowest BCUT2D eigenvalue weighted by atomic mass is 10.2. The monoisotopic (exact) mass is 410 g/mol. The van der Waals surface area contributed by atoms with Crippen LogP contribution in [-0.2, 0) is 4.79 Å². The Morgan fingerprint density at radius 3 is 2.52 bits per heavy atom. The summed E-state index contributed by atoms with van der Waals surface area (Å²) in [5.41, 5.74) is 3.91. The summed E-state index contributed by atoms with van der Waals surface area (Å²) in [6.07, 6.45) is 0. The van der Waals surface area contributed by atoms with Gasteiger partial charge in [-0.05, 0) is 34.1 Å². The SMILES string of the molecule is O=C(CNC(=O)c1ccc(Br)o1)NNC(=O)c1cccc([N+](=O)[O-])c1. The van der Waals surface area contributed by atoms with Crippen molar-refractivity contribution in [2.45, 2.75) is 0 Å². The van der Waals surface area contributed by atoms with Crippen molar-refractivity contribution < 1.29 is 23.7 Å². The first-order valence-electron chi connectivity index (χ1n) is 6.74. The van der Waals surface area contributed by atoms with Gasteiger partial charge in [0.15, 0.2) is 10.4 Å². The number of carbonyl (C=O) groups is 3. The number of benzene rings is 1. The number of hydrazine groups is 1. The van der Waals surface area contributed by atoms with Crippen LogP contribution in [0.25, 0.3) is 0 Å². The lowest BCUT2D eigenvalue weighted by Gasteiger charge is -2.08. The molecule has 0 atom stereocenters. The van der Waals surface area contributed by atoms with Crippen LogP contribution < -0.4 is 16.2 Å². The van der Waals surface area contributed by atoms with Gasteiger partial charge in [0, 0.05) is 17.7 Å². The van der Waals surface area contributed by atoms with Gasteiger partial charge in [-0.1, -0.05) is 6.07 Å². The predicted molar refractivity (Wildman–Crippen MR) is 87.4 cm³/mol. The Kier molecular flexibility index (Phi) is 5.84. The van der Waals surface area contributed by atoms with E-state index in [1.54, 1.807) is 0 Å². The zero-order chi connectivity index (χ0) is 18.4. The molecule has 0 bridgehead atoms. The molecule has 1 aromatic carbocycles. The normalized spacial score (nSPS) is 9.96. The fraction of sp³-hybridized carbons (Fsp3) is 0.0714. The summed E-state index contributed by atoms with van der Waals surface area (Å²) in [6.45, 7) is -0.410. The van der Waals surface area contributed by atoms with Gasteiger partial charge in [0.25, 0.3) is 23.4 Å². The van der Waals surface area contributed by atoms with Crippen molar-refractivity contribution in [1.82, 2.24) is 16.2 Å². The van der Waals surface area contributed by atoms with E-state index in [9.17, 15) is 24.5 Å². The van der Waals surface area contributed by atoms with E-state index in [0.717, 1.165) is 6.07 Å². The van der Waals surface area contributed by atoms with Gasteiger partial charge in [-0.15, -0.1) is 0 Å². The number of non-ortho nitro benzene ring substituents is 1. The van der Waals surface area contributed by atoms with Crippen molar-refractivity contribution >= 4 is 39.3 Å². The minimum atomic E-state index is -0.738. The second-order valence-corrected chi connectivity index (χ2v) is 5.38. The van der Waals surface area contributed by atoms with Gasteiger partial charge in [0.1, 0.15) is 0 Å². The van der Waals surface area contributed by atoms with Crippen LogP contribution in [0.3, 0.4) is 0 Å². The number of hydrogen-bond donors (Lipinski definition) is 3. The number of nitrogens with zero attached hydrogens (tertiary/aromatic N) is 1. The molecule has 130 valence electrons. The van der Waals surface area contributed by atoms with E-state index in [4.69, 9.17) is 4.42 Å². The number of carbonyl (C=O) groups excluding carboxylic acids is 3. The lowest BCUT2D eigenvalue weighted by Crippen LogP contribution is -2.46. The fourth-order valence-electron chi connectivity index (χ4n) is 1.69. The van der Waals surface area contributed by atoms with Gasteiger partial charge < -0.3 is 9.73 Å². The van der Waals surface area contributed by atoms with Crippen LogP contribution >= 0.6 is 15.9 Å². The number of furan rings is 1. The van der Waals surface area contributed by atoms with Crippen molar-refractivity contribution in [3.05, 3.63) is 62.5 Å². The van der Waals surface area contributed by atoms with E-state index in [0.29, 0.717) is 4.67 Å². The number of halogens is 1. The zero-order valence-electron chi connectivity index (χ0n) is 12.4. The molecule has 0 aliphatic heterocycles. The molecule has 25 heavy (non-hydrogen) atoms. The summed E-state index contributed by atoms with van der Waals surface area (Å²) in [6, 6.07) is 7.94. The average molecular weight is 411 g/mol. The molecule has 0 aliphatic carbocycles. The van der Waals surface area contributed by atoms with Crippen molar-refractivity contribution in [1.29, 1.82) is 0 Å². The first-order valence-corrected chi connectivity index (χ1v) is 7.53. The maximum absolute atomic E-state index is 11.8. The predicted octanol–water partition coefficient (Wildman–Crippen LogP) is 1.14. The summed E-state index contributed by atoms with van der Waals surface area (Å²) >= 11 is 3.04. The van der Waals surface area contributed by atoms with Crippen LogP contribution in [0.1, 0.15) is 20.9 Å². The first kappa shape index (κ1) is 18.1. The smallest absolute Gasteiger partial charge is 0.287 e. The maximum Gasteiger partial charge on any atom is 0.287 e. The molecular formula is C14H11BrN4O6. The molecule has 3 amide bonds. The molecule has 0 spiro atoms. The maximum atomic E-state index is 11.8. The van der Waals surface area contributed by atoms with E-state index in [2.05, 4.69) is 32.1 Å². The Hall–Kier alpha value is -3.21. The highest BCUT2D eigenvalue weighted by atomic mass is 79.9. The van der Waals surface area contributed by atoms with Gasteiger partial charge >= 0.3 is 0 Å². The molecule has 0 fully saturated rings. The van der Waals surface area contributed by atoms with Crippen LogP contribution in [0.5, 0.6) is 0 Å². The topological polar surface area (TPSA) is 144 Å². The number of nitro benzene ring substituents is 1. The van der Waals surface area contributed by atoms with E-state index in [1.807, 2.05) is 0 Å². The van der Waals surface area contributed by atoms with Crippen LogP contribution in [0.2, 0.25) is 0 Å². The van der Waals surface area contributed by atoms with Crippen molar-refractivity contribution in [3.63, 3.8) is 0 Å². The summed E-state index contributed by atoms with van der Waals surface area (Å²) in [7, 11) is 0. The third kappa shape index (κ3) is 5.14. The summed E-state index contributed by atoms with van der Waals surface area (Å²) < 4.78 is 5.38. The number of nitro groups is 1. The number of rotatable bonds is 5.